The zero-order valence-corrected chi connectivity index (χ0v) is 21.8. The van der Waals surface area contributed by atoms with E-state index in [9.17, 15) is 45.6 Å². The molecule has 41 heavy (non-hydrogen) atoms. The number of phenolic OH excluding ortho intramolecular Hbond substituents is 2. The van der Waals surface area contributed by atoms with E-state index in [4.69, 9.17) is 23.4 Å². The highest BCUT2D eigenvalue weighted by molar-refractivity contribution is 5.88. The molecule has 2 aliphatic rings. The second-order valence-corrected chi connectivity index (χ2v) is 10.1. The van der Waals surface area contributed by atoms with Gasteiger partial charge in [0.1, 0.15) is 64.8 Å². The number of phenols is 2. The van der Waals surface area contributed by atoms with Crippen LogP contribution in [0.15, 0.2) is 45.6 Å². The van der Waals surface area contributed by atoms with Crippen LogP contribution in [0, 0.1) is 0 Å². The molecule has 3 aromatic rings. The minimum atomic E-state index is -1.78. The van der Waals surface area contributed by atoms with Gasteiger partial charge in [0.05, 0.1) is 12.2 Å². The first-order valence-corrected chi connectivity index (χ1v) is 12.7. The molecule has 0 bridgehead atoms. The molecule has 3 heterocycles. The van der Waals surface area contributed by atoms with Crippen molar-refractivity contribution in [1.82, 2.24) is 0 Å². The summed E-state index contributed by atoms with van der Waals surface area (Å²) in [6, 6.07) is 7.60. The summed E-state index contributed by atoms with van der Waals surface area (Å²) >= 11 is 0. The summed E-state index contributed by atoms with van der Waals surface area (Å²) in [4.78, 5) is 14.0. The monoisotopic (exact) mass is 578 g/mol. The molecule has 5 rings (SSSR count). The standard InChI is InChI=1S/C27H30O14/c1-9-17(30)20(33)22(35)26(37-9)40-15-8-13(29)7-14-16(15)19(32)25(24(39-14)11-3-5-12(28)6-4-11)41-27-23(36)21(34)18(31)10(2)38-27/h3-10,17-18,20-23,26-31,33-36H,1-2H3/t9-,10-,17-,18-,20+,21+,22+,23+,26-,27-/m1/s1. The predicted octanol–water partition coefficient (Wildman–Crippen LogP) is -0.716. The fourth-order valence-corrected chi connectivity index (χ4v) is 4.72. The molecule has 222 valence electrons. The number of ether oxygens (including phenoxy) is 4. The van der Waals surface area contributed by atoms with Crippen LogP contribution in [-0.4, -0.2) is 102 Å². The van der Waals surface area contributed by atoms with E-state index in [1.165, 1.54) is 38.1 Å². The molecular weight excluding hydrogens is 548 g/mol. The fraction of sp³-hybridized carbons (Fsp3) is 0.444. The minimum Gasteiger partial charge on any atom is -0.508 e. The molecule has 8 N–H and O–H groups in total. The van der Waals surface area contributed by atoms with Crippen molar-refractivity contribution >= 4 is 11.0 Å². The Labute approximate surface area is 231 Å². The highest BCUT2D eigenvalue weighted by atomic mass is 16.7. The fourth-order valence-electron chi connectivity index (χ4n) is 4.72. The number of aromatic hydroxyl groups is 2. The smallest absolute Gasteiger partial charge is 0.239 e. The van der Waals surface area contributed by atoms with Gasteiger partial charge in [0, 0.05) is 17.7 Å². The molecule has 2 aliphatic heterocycles. The topological polar surface area (TPSA) is 229 Å². The van der Waals surface area contributed by atoms with Crippen LogP contribution in [0.4, 0.5) is 0 Å². The van der Waals surface area contributed by atoms with Crippen molar-refractivity contribution in [1.29, 1.82) is 0 Å². The van der Waals surface area contributed by atoms with Crippen molar-refractivity contribution in [3.8, 4) is 34.3 Å². The third-order valence-corrected chi connectivity index (χ3v) is 7.13. The molecule has 0 unspecified atom stereocenters. The van der Waals surface area contributed by atoms with E-state index in [0.29, 0.717) is 0 Å². The van der Waals surface area contributed by atoms with Gasteiger partial charge in [-0.1, -0.05) is 0 Å². The summed E-state index contributed by atoms with van der Waals surface area (Å²) in [5.41, 5.74) is -0.862. The molecule has 2 saturated heterocycles. The Morgan fingerprint density at radius 1 is 0.683 bits per heavy atom. The number of hydrogen-bond acceptors (Lipinski definition) is 14. The second-order valence-electron chi connectivity index (χ2n) is 10.1. The third-order valence-electron chi connectivity index (χ3n) is 7.13. The van der Waals surface area contributed by atoms with Gasteiger partial charge in [-0.05, 0) is 38.1 Å². The number of hydrogen-bond donors (Lipinski definition) is 8. The summed E-state index contributed by atoms with van der Waals surface area (Å²) in [6.07, 6.45) is -14.8. The normalized spacial score (nSPS) is 34.0. The number of aliphatic hydroxyl groups is 6. The highest BCUT2D eigenvalue weighted by Crippen LogP contribution is 2.39. The summed E-state index contributed by atoms with van der Waals surface area (Å²) in [5.74, 6) is -1.56. The zero-order valence-electron chi connectivity index (χ0n) is 21.8. The number of fused-ring (bicyclic) bond motifs is 1. The first kappa shape index (κ1) is 29.0. The lowest BCUT2D eigenvalue weighted by Gasteiger charge is -2.39. The van der Waals surface area contributed by atoms with Crippen LogP contribution in [0.2, 0.25) is 0 Å². The van der Waals surface area contributed by atoms with E-state index in [2.05, 4.69) is 0 Å². The molecule has 0 aliphatic carbocycles. The van der Waals surface area contributed by atoms with E-state index in [1.54, 1.807) is 0 Å². The van der Waals surface area contributed by atoms with Gasteiger partial charge in [-0.15, -0.1) is 0 Å². The summed E-state index contributed by atoms with van der Waals surface area (Å²) in [5, 5.41) is 81.2. The Balaban J connectivity index is 1.65. The zero-order chi connectivity index (χ0) is 29.7. The van der Waals surface area contributed by atoms with Crippen molar-refractivity contribution in [2.24, 2.45) is 0 Å². The van der Waals surface area contributed by atoms with Crippen LogP contribution in [-0.2, 0) is 9.47 Å². The van der Waals surface area contributed by atoms with Gasteiger partial charge in [0.15, 0.2) is 5.76 Å². The van der Waals surface area contributed by atoms with Crippen LogP contribution in [0.5, 0.6) is 23.0 Å². The van der Waals surface area contributed by atoms with Crippen LogP contribution in [0.25, 0.3) is 22.3 Å². The molecule has 0 radical (unpaired) electrons. The van der Waals surface area contributed by atoms with Gasteiger partial charge in [-0.2, -0.15) is 0 Å². The lowest BCUT2D eigenvalue weighted by atomic mass is 10.00. The van der Waals surface area contributed by atoms with Crippen molar-refractivity contribution in [3.05, 3.63) is 46.6 Å². The Hall–Kier alpha value is -3.47. The summed E-state index contributed by atoms with van der Waals surface area (Å²) in [6.45, 7) is 2.86. The van der Waals surface area contributed by atoms with Gasteiger partial charge in [-0.3, -0.25) is 4.79 Å². The number of benzene rings is 2. The van der Waals surface area contributed by atoms with E-state index in [-0.39, 0.29) is 33.8 Å². The Bertz CT molecular complexity index is 1460. The molecule has 0 amide bonds. The highest BCUT2D eigenvalue weighted by Gasteiger charge is 2.45. The molecule has 0 saturated carbocycles. The quantitative estimate of drug-likeness (QED) is 0.187. The maximum absolute atomic E-state index is 14.0. The average molecular weight is 579 g/mol. The van der Waals surface area contributed by atoms with Gasteiger partial charge in [0.25, 0.3) is 0 Å². The molecule has 2 fully saturated rings. The van der Waals surface area contributed by atoms with Crippen LogP contribution < -0.4 is 14.9 Å². The Morgan fingerprint density at radius 3 is 1.78 bits per heavy atom. The van der Waals surface area contributed by atoms with E-state index in [0.717, 1.165) is 12.1 Å². The number of rotatable bonds is 5. The first-order chi connectivity index (χ1) is 19.4. The van der Waals surface area contributed by atoms with E-state index >= 15 is 0 Å². The maximum Gasteiger partial charge on any atom is 0.239 e. The van der Waals surface area contributed by atoms with E-state index < -0.39 is 78.3 Å². The number of aliphatic hydroxyl groups excluding tert-OH is 6. The minimum absolute atomic E-state index is 0.0859. The molecule has 0 spiro atoms. The van der Waals surface area contributed by atoms with Gasteiger partial charge < -0.3 is 64.2 Å². The van der Waals surface area contributed by atoms with Gasteiger partial charge >= 0.3 is 0 Å². The van der Waals surface area contributed by atoms with Crippen LogP contribution >= 0.6 is 0 Å². The predicted molar refractivity (Wildman–Crippen MR) is 137 cm³/mol. The molecule has 10 atom stereocenters. The van der Waals surface area contributed by atoms with E-state index in [1.807, 2.05) is 0 Å². The molecular formula is C27H30O14. The van der Waals surface area contributed by atoms with Gasteiger partial charge in [-0.25, -0.2) is 0 Å². The Kier molecular flexibility index (Phi) is 7.84. The van der Waals surface area contributed by atoms with Gasteiger partial charge in [0.2, 0.25) is 23.8 Å². The summed E-state index contributed by atoms with van der Waals surface area (Å²) < 4.78 is 28.4. The molecule has 14 nitrogen and oxygen atoms in total. The summed E-state index contributed by atoms with van der Waals surface area (Å²) in [7, 11) is 0. The average Bonchev–Trinajstić information content (AvgIpc) is 2.93. The Morgan fingerprint density at radius 2 is 1.22 bits per heavy atom. The molecule has 2 aromatic carbocycles. The lowest BCUT2D eigenvalue weighted by Crippen LogP contribution is -2.58. The van der Waals surface area contributed by atoms with Crippen LogP contribution in [0.1, 0.15) is 13.8 Å². The molecule has 1 aromatic heterocycles. The SMILES string of the molecule is C[C@H]1O[C@H](Oc2c(-c3ccc(O)cc3)oc3cc(O)cc(O[C@H]4O[C@H](C)[C@@H](O)[C@H](O)[C@@H]4O)c3c2=O)[C@@H](O)[C@@H](O)[C@@H]1O. The lowest BCUT2D eigenvalue weighted by molar-refractivity contribution is -0.268. The second kappa shape index (κ2) is 11.1. The van der Waals surface area contributed by atoms with Crippen molar-refractivity contribution in [3.63, 3.8) is 0 Å². The van der Waals surface area contributed by atoms with Crippen molar-refractivity contribution in [2.45, 2.75) is 75.3 Å². The molecule has 14 heteroatoms. The van der Waals surface area contributed by atoms with Crippen LogP contribution in [0.3, 0.4) is 0 Å². The first-order valence-electron chi connectivity index (χ1n) is 12.7. The largest absolute Gasteiger partial charge is 0.508 e. The maximum atomic E-state index is 14.0. The van der Waals surface area contributed by atoms with Crippen molar-refractivity contribution < 1.29 is 64.2 Å². The third kappa shape index (κ3) is 5.31. The van der Waals surface area contributed by atoms with Crippen molar-refractivity contribution in [2.75, 3.05) is 0 Å².